The largest absolute Gasteiger partial charge is 0.356 e. The number of nitrogens with zero attached hydrogens (tertiary/aromatic N) is 1. The highest BCUT2D eigenvalue weighted by molar-refractivity contribution is 5.78. The molecule has 1 unspecified atom stereocenters. The van der Waals surface area contributed by atoms with Gasteiger partial charge in [0.05, 0.1) is 0 Å². The highest BCUT2D eigenvalue weighted by atomic mass is 16.1. The first-order valence-corrected chi connectivity index (χ1v) is 5.20. The molecule has 0 aromatic carbocycles. The van der Waals surface area contributed by atoms with Crippen molar-refractivity contribution in [1.29, 1.82) is 0 Å². The van der Waals surface area contributed by atoms with Crippen LogP contribution >= 0.6 is 0 Å². The fourth-order valence-corrected chi connectivity index (χ4v) is 1.16. The fourth-order valence-electron chi connectivity index (χ4n) is 1.16. The fraction of sp³-hybridized carbons (Fsp3) is 0.900. The van der Waals surface area contributed by atoms with Gasteiger partial charge in [-0.1, -0.05) is 6.92 Å². The number of amides is 1. The van der Waals surface area contributed by atoms with Gasteiger partial charge in [-0.15, -0.1) is 0 Å². The van der Waals surface area contributed by atoms with Crippen LogP contribution in [0.5, 0.6) is 0 Å². The zero-order chi connectivity index (χ0) is 11.0. The monoisotopic (exact) mass is 201 g/mol. The van der Waals surface area contributed by atoms with Crippen molar-refractivity contribution in [3.8, 4) is 0 Å². The topological polar surface area (TPSA) is 58.4 Å². The molecule has 0 aliphatic heterocycles. The summed E-state index contributed by atoms with van der Waals surface area (Å²) in [6, 6.07) is 0. The summed E-state index contributed by atoms with van der Waals surface area (Å²) in [7, 11) is 4.05. The van der Waals surface area contributed by atoms with Gasteiger partial charge in [-0.3, -0.25) is 4.79 Å². The van der Waals surface area contributed by atoms with Crippen LogP contribution in [-0.2, 0) is 4.79 Å². The van der Waals surface area contributed by atoms with Crippen LogP contribution in [0.4, 0.5) is 0 Å². The molecule has 0 aromatic rings. The SMILES string of the molecule is CC(CCN)C(=O)NCCCN(C)C. The van der Waals surface area contributed by atoms with Gasteiger partial charge >= 0.3 is 0 Å². The Kier molecular flexibility index (Phi) is 7.42. The van der Waals surface area contributed by atoms with E-state index < -0.39 is 0 Å². The lowest BCUT2D eigenvalue weighted by Gasteiger charge is -2.12. The first-order chi connectivity index (χ1) is 6.57. The van der Waals surface area contributed by atoms with E-state index in [1.54, 1.807) is 0 Å². The molecule has 0 fully saturated rings. The molecule has 3 N–H and O–H groups in total. The van der Waals surface area contributed by atoms with Crippen LogP contribution in [-0.4, -0.2) is 44.5 Å². The molecule has 4 nitrogen and oxygen atoms in total. The van der Waals surface area contributed by atoms with E-state index in [2.05, 4.69) is 10.2 Å². The third-order valence-corrected chi connectivity index (χ3v) is 2.13. The highest BCUT2D eigenvalue weighted by Crippen LogP contribution is 1.99. The van der Waals surface area contributed by atoms with E-state index in [4.69, 9.17) is 5.73 Å². The minimum absolute atomic E-state index is 0.0411. The molecule has 84 valence electrons. The van der Waals surface area contributed by atoms with Crippen LogP contribution in [0.3, 0.4) is 0 Å². The molecule has 0 radical (unpaired) electrons. The molecular formula is C10H23N3O. The van der Waals surface area contributed by atoms with Gasteiger partial charge in [0.1, 0.15) is 0 Å². The zero-order valence-electron chi connectivity index (χ0n) is 9.55. The van der Waals surface area contributed by atoms with Gasteiger partial charge in [0, 0.05) is 12.5 Å². The lowest BCUT2D eigenvalue weighted by molar-refractivity contribution is -0.124. The van der Waals surface area contributed by atoms with Gasteiger partial charge in [-0.25, -0.2) is 0 Å². The number of hydrogen-bond acceptors (Lipinski definition) is 3. The lowest BCUT2D eigenvalue weighted by atomic mass is 10.1. The molecule has 4 heteroatoms. The van der Waals surface area contributed by atoms with Gasteiger partial charge in [0.25, 0.3) is 0 Å². The second kappa shape index (κ2) is 7.76. The van der Waals surface area contributed by atoms with Crippen LogP contribution in [0.1, 0.15) is 19.8 Å². The molecule has 0 saturated carbocycles. The van der Waals surface area contributed by atoms with Gasteiger partial charge < -0.3 is 16.0 Å². The third kappa shape index (κ3) is 6.86. The molecule has 1 amide bonds. The van der Waals surface area contributed by atoms with E-state index in [0.29, 0.717) is 6.54 Å². The maximum absolute atomic E-state index is 11.4. The normalized spacial score (nSPS) is 12.9. The van der Waals surface area contributed by atoms with Gasteiger partial charge in [-0.2, -0.15) is 0 Å². The summed E-state index contributed by atoms with van der Waals surface area (Å²) in [5.41, 5.74) is 5.38. The zero-order valence-corrected chi connectivity index (χ0v) is 9.55. The predicted molar refractivity (Wildman–Crippen MR) is 59.0 cm³/mol. The number of carbonyl (C=O) groups is 1. The first-order valence-electron chi connectivity index (χ1n) is 5.20. The molecule has 0 bridgehead atoms. The Hall–Kier alpha value is -0.610. The second-order valence-electron chi connectivity index (χ2n) is 3.93. The summed E-state index contributed by atoms with van der Waals surface area (Å²) >= 11 is 0. The van der Waals surface area contributed by atoms with Crippen LogP contribution in [0.2, 0.25) is 0 Å². The average molecular weight is 201 g/mol. The predicted octanol–water partition coefficient (Wildman–Crippen LogP) is 0.0392. The van der Waals surface area contributed by atoms with Crippen LogP contribution in [0.15, 0.2) is 0 Å². The molecule has 0 aliphatic carbocycles. The number of carbonyl (C=O) groups excluding carboxylic acids is 1. The Morgan fingerprint density at radius 2 is 2.14 bits per heavy atom. The Bertz CT molecular complexity index is 159. The smallest absolute Gasteiger partial charge is 0.222 e. The summed E-state index contributed by atoms with van der Waals surface area (Å²) in [5.74, 6) is 0.161. The van der Waals surface area contributed by atoms with Crippen molar-refractivity contribution in [2.45, 2.75) is 19.8 Å². The van der Waals surface area contributed by atoms with Crippen LogP contribution in [0, 0.1) is 5.92 Å². The van der Waals surface area contributed by atoms with E-state index >= 15 is 0 Å². The third-order valence-electron chi connectivity index (χ3n) is 2.13. The second-order valence-corrected chi connectivity index (χ2v) is 3.93. The summed E-state index contributed by atoms with van der Waals surface area (Å²) in [4.78, 5) is 13.5. The van der Waals surface area contributed by atoms with E-state index in [1.807, 2.05) is 21.0 Å². The average Bonchev–Trinajstić information content (AvgIpc) is 2.12. The highest BCUT2D eigenvalue weighted by Gasteiger charge is 2.10. The number of nitrogens with two attached hydrogens (primary N) is 1. The summed E-state index contributed by atoms with van der Waals surface area (Å²) in [6.07, 6.45) is 1.76. The quantitative estimate of drug-likeness (QED) is 0.572. The van der Waals surface area contributed by atoms with Gasteiger partial charge in [0.2, 0.25) is 5.91 Å². The summed E-state index contributed by atoms with van der Waals surface area (Å²) in [6.45, 7) is 4.25. The molecule has 0 heterocycles. The molecule has 0 aromatic heterocycles. The van der Waals surface area contributed by atoms with E-state index in [0.717, 1.165) is 25.9 Å². The Balaban J connectivity index is 3.44. The van der Waals surface area contributed by atoms with Crippen molar-refractivity contribution in [3.05, 3.63) is 0 Å². The number of hydrogen-bond donors (Lipinski definition) is 2. The summed E-state index contributed by atoms with van der Waals surface area (Å²) in [5, 5.41) is 2.90. The molecule has 14 heavy (non-hydrogen) atoms. The van der Waals surface area contributed by atoms with Crippen molar-refractivity contribution >= 4 is 5.91 Å². The Labute approximate surface area is 86.8 Å². The molecule has 1 atom stereocenters. The van der Waals surface area contributed by atoms with Crippen LogP contribution in [0.25, 0.3) is 0 Å². The maximum Gasteiger partial charge on any atom is 0.222 e. The standard InChI is InChI=1S/C10H23N3O/c1-9(5-6-11)10(14)12-7-4-8-13(2)3/h9H,4-8,11H2,1-3H3,(H,12,14). The molecule has 0 rings (SSSR count). The molecule has 0 aliphatic rings. The van der Waals surface area contributed by atoms with Gasteiger partial charge in [-0.05, 0) is 40.0 Å². The van der Waals surface area contributed by atoms with Crippen LogP contribution < -0.4 is 11.1 Å². The minimum atomic E-state index is 0.0411. The molecular weight excluding hydrogens is 178 g/mol. The molecule has 0 spiro atoms. The number of rotatable bonds is 7. The Morgan fingerprint density at radius 1 is 1.50 bits per heavy atom. The van der Waals surface area contributed by atoms with Crippen molar-refractivity contribution in [1.82, 2.24) is 10.2 Å². The molecule has 0 saturated heterocycles. The van der Waals surface area contributed by atoms with Crippen molar-refractivity contribution in [2.24, 2.45) is 11.7 Å². The van der Waals surface area contributed by atoms with Gasteiger partial charge in [0.15, 0.2) is 0 Å². The lowest BCUT2D eigenvalue weighted by Crippen LogP contribution is -2.32. The van der Waals surface area contributed by atoms with E-state index in [-0.39, 0.29) is 11.8 Å². The Morgan fingerprint density at radius 3 is 2.64 bits per heavy atom. The maximum atomic E-state index is 11.4. The van der Waals surface area contributed by atoms with E-state index in [1.165, 1.54) is 0 Å². The first kappa shape index (κ1) is 13.4. The van der Waals surface area contributed by atoms with Crippen molar-refractivity contribution in [3.63, 3.8) is 0 Å². The summed E-state index contributed by atoms with van der Waals surface area (Å²) < 4.78 is 0. The van der Waals surface area contributed by atoms with Crippen molar-refractivity contribution in [2.75, 3.05) is 33.7 Å². The number of nitrogens with one attached hydrogen (secondary N) is 1. The van der Waals surface area contributed by atoms with Crippen molar-refractivity contribution < 1.29 is 4.79 Å². The minimum Gasteiger partial charge on any atom is -0.356 e. The van der Waals surface area contributed by atoms with E-state index in [9.17, 15) is 4.79 Å².